The van der Waals surface area contributed by atoms with Crippen molar-refractivity contribution in [3.05, 3.63) is 65.9 Å². The fourth-order valence-corrected chi connectivity index (χ4v) is 4.29. The van der Waals surface area contributed by atoms with E-state index in [1.807, 2.05) is 49.4 Å². The number of fused-ring (bicyclic) bond motifs is 1. The molecule has 1 aromatic heterocycles. The molecule has 0 amide bonds. The summed E-state index contributed by atoms with van der Waals surface area (Å²) in [5, 5.41) is 1.07. The normalized spacial score (nSPS) is 15.2. The van der Waals surface area contributed by atoms with Gasteiger partial charge in [-0.05, 0) is 87.2 Å². The zero-order valence-electron chi connectivity index (χ0n) is 18.3. The predicted molar refractivity (Wildman–Crippen MR) is 123 cm³/mol. The molecule has 1 aliphatic heterocycles. The molecule has 1 fully saturated rings. The van der Waals surface area contributed by atoms with Crippen molar-refractivity contribution in [1.82, 2.24) is 9.88 Å². The van der Waals surface area contributed by atoms with E-state index in [1.165, 1.54) is 25.3 Å². The van der Waals surface area contributed by atoms with Crippen LogP contribution in [0.1, 0.15) is 31.0 Å². The highest BCUT2D eigenvalue weighted by Crippen LogP contribution is 2.26. The van der Waals surface area contributed by atoms with E-state index in [1.54, 1.807) is 0 Å². The van der Waals surface area contributed by atoms with Gasteiger partial charge in [0.05, 0.1) is 5.52 Å². The van der Waals surface area contributed by atoms with Crippen LogP contribution in [0.5, 0.6) is 11.5 Å². The van der Waals surface area contributed by atoms with Crippen molar-refractivity contribution in [3.63, 3.8) is 0 Å². The number of esters is 1. The molecule has 162 valence electrons. The molecular formula is C26H30N2O3. The highest BCUT2D eigenvalue weighted by atomic mass is 16.5. The second-order valence-corrected chi connectivity index (χ2v) is 8.35. The largest absolute Gasteiger partial charge is 0.492 e. The first-order valence-electron chi connectivity index (χ1n) is 11.1. The van der Waals surface area contributed by atoms with Gasteiger partial charge in [0.2, 0.25) is 0 Å². The van der Waals surface area contributed by atoms with Crippen LogP contribution in [0.3, 0.4) is 0 Å². The summed E-state index contributed by atoms with van der Waals surface area (Å²) in [5.74, 6) is 1.94. The van der Waals surface area contributed by atoms with Gasteiger partial charge in [-0.2, -0.15) is 0 Å². The third-order valence-corrected chi connectivity index (χ3v) is 5.89. The molecule has 1 saturated heterocycles. The quantitative estimate of drug-likeness (QED) is 0.407. The van der Waals surface area contributed by atoms with Gasteiger partial charge >= 0.3 is 5.97 Å². The SMILES string of the molecule is CC(=O)Oc1cccc(CC2CCN(CCOc3cccc4nc(C)ccc34)CC2)c1. The zero-order chi connectivity index (χ0) is 21.6. The number of likely N-dealkylation sites (tertiary alicyclic amines) is 1. The van der Waals surface area contributed by atoms with Gasteiger partial charge in [-0.25, -0.2) is 0 Å². The van der Waals surface area contributed by atoms with E-state index in [-0.39, 0.29) is 5.97 Å². The smallest absolute Gasteiger partial charge is 0.308 e. The lowest BCUT2D eigenvalue weighted by molar-refractivity contribution is -0.131. The van der Waals surface area contributed by atoms with Crippen LogP contribution < -0.4 is 9.47 Å². The third-order valence-electron chi connectivity index (χ3n) is 5.89. The fourth-order valence-electron chi connectivity index (χ4n) is 4.29. The molecule has 0 bridgehead atoms. The Balaban J connectivity index is 1.23. The van der Waals surface area contributed by atoms with E-state index in [4.69, 9.17) is 9.47 Å². The lowest BCUT2D eigenvalue weighted by atomic mass is 9.90. The van der Waals surface area contributed by atoms with Crippen LogP contribution in [0, 0.1) is 12.8 Å². The standard InChI is InChI=1S/C26H30N2O3/c1-19-9-10-24-25(27-19)7-4-8-26(24)30-16-15-28-13-11-21(12-14-28)17-22-5-3-6-23(18-22)31-20(2)29/h3-10,18,21H,11-17H2,1-2H3. The maximum absolute atomic E-state index is 11.2. The number of aryl methyl sites for hydroxylation is 1. The van der Waals surface area contributed by atoms with Crippen LogP contribution >= 0.6 is 0 Å². The van der Waals surface area contributed by atoms with Gasteiger partial charge in [0.25, 0.3) is 0 Å². The first-order chi connectivity index (χ1) is 15.1. The summed E-state index contributed by atoms with van der Waals surface area (Å²) < 4.78 is 11.3. The summed E-state index contributed by atoms with van der Waals surface area (Å²) in [6.07, 6.45) is 3.38. The molecule has 2 heterocycles. The molecule has 2 aromatic carbocycles. The van der Waals surface area contributed by atoms with Gasteiger partial charge < -0.3 is 9.47 Å². The first-order valence-corrected chi connectivity index (χ1v) is 11.1. The molecule has 0 N–H and O–H groups in total. The van der Waals surface area contributed by atoms with Gasteiger partial charge in [0, 0.05) is 24.5 Å². The van der Waals surface area contributed by atoms with Gasteiger partial charge in [0.15, 0.2) is 0 Å². The number of hydrogen-bond donors (Lipinski definition) is 0. The monoisotopic (exact) mass is 418 g/mol. The van der Waals surface area contributed by atoms with E-state index in [0.717, 1.165) is 48.4 Å². The Hall–Kier alpha value is -2.92. The van der Waals surface area contributed by atoms with Gasteiger partial charge in [-0.3, -0.25) is 14.7 Å². The molecule has 5 nitrogen and oxygen atoms in total. The van der Waals surface area contributed by atoms with Crippen LogP contribution in [0.25, 0.3) is 10.9 Å². The van der Waals surface area contributed by atoms with Gasteiger partial charge in [-0.1, -0.05) is 18.2 Å². The maximum atomic E-state index is 11.2. The van der Waals surface area contributed by atoms with Crippen molar-refractivity contribution in [1.29, 1.82) is 0 Å². The van der Waals surface area contributed by atoms with Gasteiger partial charge in [0.1, 0.15) is 18.1 Å². The van der Waals surface area contributed by atoms with Crippen molar-refractivity contribution in [2.45, 2.75) is 33.1 Å². The number of pyridine rings is 1. The number of hydrogen-bond acceptors (Lipinski definition) is 5. The molecule has 0 atom stereocenters. The molecular weight excluding hydrogens is 388 g/mol. The Morgan fingerprint density at radius 1 is 1.10 bits per heavy atom. The Morgan fingerprint density at radius 2 is 1.90 bits per heavy atom. The minimum absolute atomic E-state index is 0.275. The molecule has 0 radical (unpaired) electrons. The number of piperidine rings is 1. The lowest BCUT2D eigenvalue weighted by Crippen LogP contribution is -2.37. The minimum atomic E-state index is -0.275. The topological polar surface area (TPSA) is 51.7 Å². The number of carbonyl (C=O) groups excluding carboxylic acids is 1. The average molecular weight is 419 g/mol. The van der Waals surface area contributed by atoms with Crippen LogP contribution in [0.2, 0.25) is 0 Å². The van der Waals surface area contributed by atoms with E-state index in [9.17, 15) is 4.79 Å². The molecule has 0 aliphatic carbocycles. The maximum Gasteiger partial charge on any atom is 0.308 e. The number of aromatic nitrogens is 1. The van der Waals surface area contributed by atoms with Crippen LogP contribution in [0.15, 0.2) is 54.6 Å². The van der Waals surface area contributed by atoms with Crippen molar-refractivity contribution < 1.29 is 14.3 Å². The fraction of sp³-hybridized carbons (Fsp3) is 0.385. The Labute approximate surface area is 184 Å². The molecule has 1 aliphatic rings. The molecule has 0 spiro atoms. The molecule has 0 unspecified atom stereocenters. The summed E-state index contributed by atoms with van der Waals surface area (Å²) in [7, 11) is 0. The van der Waals surface area contributed by atoms with Crippen molar-refractivity contribution in [3.8, 4) is 11.5 Å². The van der Waals surface area contributed by atoms with E-state index >= 15 is 0 Å². The van der Waals surface area contributed by atoms with Crippen LogP contribution in [-0.4, -0.2) is 42.1 Å². The van der Waals surface area contributed by atoms with Gasteiger partial charge in [-0.15, -0.1) is 0 Å². The number of rotatable bonds is 7. The zero-order valence-corrected chi connectivity index (χ0v) is 18.3. The number of carbonyl (C=O) groups is 1. The highest BCUT2D eigenvalue weighted by Gasteiger charge is 2.19. The van der Waals surface area contributed by atoms with Crippen LogP contribution in [-0.2, 0) is 11.2 Å². The number of nitrogens with zero attached hydrogens (tertiary/aromatic N) is 2. The summed E-state index contributed by atoms with van der Waals surface area (Å²) in [5.41, 5.74) is 3.24. The molecule has 3 aromatic rings. The summed E-state index contributed by atoms with van der Waals surface area (Å²) in [6, 6.07) is 18.1. The van der Waals surface area contributed by atoms with E-state index in [2.05, 4.69) is 22.0 Å². The van der Waals surface area contributed by atoms with Crippen molar-refractivity contribution in [2.75, 3.05) is 26.2 Å². The van der Waals surface area contributed by atoms with E-state index in [0.29, 0.717) is 18.3 Å². The lowest BCUT2D eigenvalue weighted by Gasteiger charge is -2.32. The molecule has 31 heavy (non-hydrogen) atoms. The Morgan fingerprint density at radius 3 is 2.71 bits per heavy atom. The van der Waals surface area contributed by atoms with Crippen molar-refractivity contribution >= 4 is 16.9 Å². The Bertz CT molecular complexity index is 1040. The minimum Gasteiger partial charge on any atom is -0.492 e. The second kappa shape index (κ2) is 9.92. The van der Waals surface area contributed by atoms with Crippen LogP contribution in [0.4, 0.5) is 0 Å². The summed E-state index contributed by atoms with van der Waals surface area (Å²) in [6.45, 7) is 7.24. The molecule has 4 rings (SSSR count). The highest BCUT2D eigenvalue weighted by molar-refractivity contribution is 5.85. The average Bonchev–Trinajstić information content (AvgIpc) is 2.75. The first kappa shape index (κ1) is 21.3. The molecule has 0 saturated carbocycles. The second-order valence-electron chi connectivity index (χ2n) is 8.35. The summed E-state index contributed by atoms with van der Waals surface area (Å²) in [4.78, 5) is 18.2. The summed E-state index contributed by atoms with van der Waals surface area (Å²) >= 11 is 0. The molecule has 5 heteroatoms. The number of benzene rings is 2. The van der Waals surface area contributed by atoms with Crippen molar-refractivity contribution in [2.24, 2.45) is 5.92 Å². The Kier molecular flexibility index (Phi) is 6.82. The number of ether oxygens (including phenoxy) is 2. The van der Waals surface area contributed by atoms with E-state index < -0.39 is 0 Å². The third kappa shape index (κ3) is 5.82. The predicted octanol–water partition coefficient (Wildman–Crippen LogP) is 4.80.